The number of aryl methyl sites for hydroxylation is 1. The zero-order valence-electron chi connectivity index (χ0n) is 9.63. The van der Waals surface area contributed by atoms with E-state index in [1.807, 2.05) is 6.92 Å². The van der Waals surface area contributed by atoms with Crippen LogP contribution in [0.15, 0.2) is 30.6 Å². The standard InChI is InChI=1S/C12H10FN5/c1-7-10-11(14)15-6-16-12(10)18(17-7)9-4-2-3-8(13)5-9/h2-6H,1H3,(H2,14,15,16). The number of hydrogen-bond acceptors (Lipinski definition) is 4. The normalized spacial score (nSPS) is 11.0. The Labute approximate surface area is 102 Å². The molecular formula is C12H10FN5. The van der Waals surface area contributed by atoms with Crippen LogP contribution in [0, 0.1) is 12.7 Å². The van der Waals surface area contributed by atoms with Crippen LogP contribution in [-0.2, 0) is 0 Å². The third kappa shape index (κ3) is 1.50. The molecule has 2 aromatic heterocycles. The van der Waals surface area contributed by atoms with Gasteiger partial charge in [-0.25, -0.2) is 19.0 Å². The number of fused-ring (bicyclic) bond motifs is 1. The topological polar surface area (TPSA) is 69.6 Å². The van der Waals surface area contributed by atoms with E-state index in [4.69, 9.17) is 5.73 Å². The molecule has 0 amide bonds. The molecule has 0 unspecified atom stereocenters. The average molecular weight is 243 g/mol. The number of nitrogens with two attached hydrogens (primary N) is 1. The highest BCUT2D eigenvalue weighted by molar-refractivity contribution is 5.88. The molecule has 0 saturated heterocycles. The third-order valence-corrected chi connectivity index (χ3v) is 2.72. The molecule has 0 fully saturated rings. The molecule has 18 heavy (non-hydrogen) atoms. The van der Waals surface area contributed by atoms with Gasteiger partial charge in [-0.2, -0.15) is 5.10 Å². The number of halogens is 1. The monoisotopic (exact) mass is 243 g/mol. The Morgan fingerprint density at radius 3 is 2.89 bits per heavy atom. The Morgan fingerprint density at radius 1 is 1.28 bits per heavy atom. The van der Waals surface area contributed by atoms with E-state index in [2.05, 4.69) is 15.1 Å². The fraction of sp³-hybridized carbons (Fsp3) is 0.0833. The van der Waals surface area contributed by atoms with Gasteiger partial charge in [0.25, 0.3) is 0 Å². The van der Waals surface area contributed by atoms with E-state index in [-0.39, 0.29) is 5.82 Å². The minimum absolute atomic E-state index is 0.323. The molecule has 0 aliphatic carbocycles. The van der Waals surface area contributed by atoms with Crippen LogP contribution < -0.4 is 5.73 Å². The molecule has 2 N–H and O–H groups in total. The lowest BCUT2D eigenvalue weighted by atomic mass is 10.3. The second-order valence-corrected chi connectivity index (χ2v) is 3.93. The zero-order valence-corrected chi connectivity index (χ0v) is 9.63. The second-order valence-electron chi connectivity index (χ2n) is 3.93. The van der Waals surface area contributed by atoms with Gasteiger partial charge in [0.15, 0.2) is 5.65 Å². The summed E-state index contributed by atoms with van der Waals surface area (Å²) in [5.74, 6) is 0.0518. The van der Waals surface area contributed by atoms with Crippen molar-refractivity contribution in [2.45, 2.75) is 6.92 Å². The molecule has 0 radical (unpaired) electrons. The minimum Gasteiger partial charge on any atom is -0.383 e. The molecule has 0 aliphatic rings. The first-order chi connectivity index (χ1) is 8.66. The van der Waals surface area contributed by atoms with E-state index in [1.165, 1.54) is 18.5 Å². The third-order valence-electron chi connectivity index (χ3n) is 2.72. The zero-order chi connectivity index (χ0) is 12.7. The highest BCUT2D eigenvalue weighted by atomic mass is 19.1. The van der Waals surface area contributed by atoms with Crippen molar-refractivity contribution < 1.29 is 4.39 Å². The molecule has 6 heteroatoms. The van der Waals surface area contributed by atoms with Gasteiger partial charge in [-0.3, -0.25) is 0 Å². The van der Waals surface area contributed by atoms with Crippen molar-refractivity contribution in [3.8, 4) is 5.69 Å². The molecule has 90 valence electrons. The summed E-state index contributed by atoms with van der Waals surface area (Å²) < 4.78 is 14.8. The fourth-order valence-electron chi connectivity index (χ4n) is 1.93. The van der Waals surface area contributed by atoms with Crippen molar-refractivity contribution in [2.75, 3.05) is 5.73 Å². The number of rotatable bonds is 1. The number of hydrogen-bond donors (Lipinski definition) is 1. The first-order valence-corrected chi connectivity index (χ1v) is 5.38. The van der Waals surface area contributed by atoms with Crippen molar-refractivity contribution in [2.24, 2.45) is 0 Å². The lowest BCUT2D eigenvalue weighted by Gasteiger charge is -2.02. The largest absolute Gasteiger partial charge is 0.383 e. The van der Waals surface area contributed by atoms with E-state index in [1.54, 1.807) is 16.8 Å². The van der Waals surface area contributed by atoms with E-state index in [9.17, 15) is 4.39 Å². The van der Waals surface area contributed by atoms with Crippen LogP contribution in [-0.4, -0.2) is 19.7 Å². The maximum absolute atomic E-state index is 13.2. The summed E-state index contributed by atoms with van der Waals surface area (Å²) >= 11 is 0. The molecular weight excluding hydrogens is 233 g/mol. The van der Waals surface area contributed by atoms with Crippen LogP contribution in [0.25, 0.3) is 16.7 Å². The molecule has 3 rings (SSSR count). The Kier molecular flexibility index (Phi) is 2.22. The predicted octanol–water partition coefficient (Wildman–Crippen LogP) is 1.85. The first-order valence-electron chi connectivity index (χ1n) is 5.38. The summed E-state index contributed by atoms with van der Waals surface area (Å²) in [5.41, 5.74) is 7.69. The molecule has 5 nitrogen and oxygen atoms in total. The summed E-state index contributed by atoms with van der Waals surface area (Å²) in [5, 5.41) is 5.03. The summed E-state index contributed by atoms with van der Waals surface area (Å²) in [7, 11) is 0. The van der Waals surface area contributed by atoms with Crippen LogP contribution in [0.5, 0.6) is 0 Å². The lowest BCUT2D eigenvalue weighted by molar-refractivity contribution is 0.625. The number of nitrogen functional groups attached to an aromatic ring is 1. The van der Waals surface area contributed by atoms with Gasteiger partial charge in [0, 0.05) is 0 Å². The Balaban J connectivity index is 2.34. The Hall–Kier alpha value is -2.50. The molecule has 3 aromatic rings. The van der Waals surface area contributed by atoms with Crippen LogP contribution in [0.2, 0.25) is 0 Å². The van der Waals surface area contributed by atoms with Crippen LogP contribution in [0.4, 0.5) is 10.2 Å². The summed E-state index contributed by atoms with van der Waals surface area (Å²) in [4.78, 5) is 8.09. The van der Waals surface area contributed by atoms with Gasteiger partial charge < -0.3 is 5.73 Å². The SMILES string of the molecule is Cc1nn(-c2cccc(F)c2)c2ncnc(N)c12. The maximum Gasteiger partial charge on any atom is 0.168 e. The number of aromatic nitrogens is 4. The highest BCUT2D eigenvalue weighted by Crippen LogP contribution is 2.23. The van der Waals surface area contributed by atoms with Gasteiger partial charge in [-0.15, -0.1) is 0 Å². The van der Waals surface area contributed by atoms with E-state index >= 15 is 0 Å². The van der Waals surface area contributed by atoms with Crippen molar-refractivity contribution in [3.63, 3.8) is 0 Å². The molecule has 0 bridgehead atoms. The van der Waals surface area contributed by atoms with Crippen molar-refractivity contribution in [1.82, 2.24) is 19.7 Å². The Bertz CT molecular complexity index is 734. The van der Waals surface area contributed by atoms with Gasteiger partial charge in [0.1, 0.15) is 18.0 Å². The van der Waals surface area contributed by atoms with Crippen molar-refractivity contribution >= 4 is 16.9 Å². The predicted molar refractivity (Wildman–Crippen MR) is 65.8 cm³/mol. The molecule has 1 aromatic carbocycles. The number of benzene rings is 1. The molecule has 0 saturated carbocycles. The van der Waals surface area contributed by atoms with E-state index < -0.39 is 0 Å². The number of anilines is 1. The van der Waals surface area contributed by atoms with Crippen molar-refractivity contribution in [3.05, 3.63) is 42.1 Å². The Morgan fingerprint density at radius 2 is 2.11 bits per heavy atom. The van der Waals surface area contributed by atoms with Gasteiger partial charge >= 0.3 is 0 Å². The maximum atomic E-state index is 13.2. The summed E-state index contributed by atoms with van der Waals surface area (Å²) in [6, 6.07) is 6.15. The average Bonchev–Trinajstić information content (AvgIpc) is 2.68. The highest BCUT2D eigenvalue weighted by Gasteiger charge is 2.13. The summed E-state index contributed by atoms with van der Waals surface area (Å²) in [6.45, 7) is 1.82. The quantitative estimate of drug-likeness (QED) is 0.708. The van der Waals surface area contributed by atoms with Gasteiger partial charge in [-0.05, 0) is 25.1 Å². The minimum atomic E-state index is -0.323. The van der Waals surface area contributed by atoms with Crippen LogP contribution in [0.1, 0.15) is 5.69 Å². The summed E-state index contributed by atoms with van der Waals surface area (Å²) in [6.07, 6.45) is 1.37. The fourth-order valence-corrected chi connectivity index (χ4v) is 1.93. The van der Waals surface area contributed by atoms with Crippen LogP contribution >= 0.6 is 0 Å². The van der Waals surface area contributed by atoms with E-state index in [0.29, 0.717) is 28.2 Å². The molecule has 2 heterocycles. The van der Waals surface area contributed by atoms with Gasteiger partial charge in [0.2, 0.25) is 0 Å². The molecule has 0 spiro atoms. The lowest BCUT2D eigenvalue weighted by Crippen LogP contribution is -1.99. The first kappa shape index (κ1) is 10.6. The number of nitrogens with zero attached hydrogens (tertiary/aromatic N) is 4. The molecule has 0 aliphatic heterocycles. The van der Waals surface area contributed by atoms with E-state index in [0.717, 1.165) is 0 Å². The van der Waals surface area contributed by atoms with Crippen molar-refractivity contribution in [1.29, 1.82) is 0 Å². The second kappa shape index (κ2) is 3.76. The van der Waals surface area contributed by atoms with Gasteiger partial charge in [-0.1, -0.05) is 6.07 Å². The van der Waals surface area contributed by atoms with Crippen LogP contribution in [0.3, 0.4) is 0 Å². The molecule has 0 atom stereocenters. The van der Waals surface area contributed by atoms with Gasteiger partial charge in [0.05, 0.1) is 16.8 Å². The smallest absolute Gasteiger partial charge is 0.168 e.